The molecule has 1 saturated heterocycles. The van der Waals surface area contributed by atoms with Gasteiger partial charge in [-0.25, -0.2) is 4.79 Å². The van der Waals surface area contributed by atoms with Crippen molar-refractivity contribution >= 4 is 11.8 Å². The molecule has 4 nitrogen and oxygen atoms in total. The highest BCUT2D eigenvalue weighted by Crippen LogP contribution is 2.33. The average molecular weight is 262 g/mol. The van der Waals surface area contributed by atoms with Crippen LogP contribution < -0.4 is 10.6 Å². The zero-order valence-corrected chi connectivity index (χ0v) is 11.8. The molecule has 0 spiro atoms. The van der Waals surface area contributed by atoms with E-state index in [0.29, 0.717) is 25.6 Å². The van der Waals surface area contributed by atoms with E-state index in [1.165, 1.54) is 5.56 Å². The van der Waals surface area contributed by atoms with E-state index in [9.17, 15) is 4.79 Å². The lowest BCUT2D eigenvalue weighted by Crippen LogP contribution is -2.46. The topological polar surface area (TPSA) is 55.6 Å². The smallest absolute Gasteiger partial charge is 0.414 e. The highest BCUT2D eigenvalue weighted by Gasteiger charge is 2.30. The summed E-state index contributed by atoms with van der Waals surface area (Å²) in [5.74, 6) is 0.568. The first-order valence-corrected chi connectivity index (χ1v) is 6.78. The fraction of sp³-hybridized carbons (Fsp3) is 0.533. The number of amides is 1. The summed E-state index contributed by atoms with van der Waals surface area (Å²) in [7, 11) is 0. The van der Waals surface area contributed by atoms with Crippen molar-refractivity contribution in [3.8, 4) is 0 Å². The molecule has 2 rings (SSSR count). The zero-order valence-electron chi connectivity index (χ0n) is 11.8. The van der Waals surface area contributed by atoms with Crippen molar-refractivity contribution in [3.05, 3.63) is 29.3 Å². The summed E-state index contributed by atoms with van der Waals surface area (Å²) in [6, 6.07) is 6.14. The van der Waals surface area contributed by atoms with Crippen LogP contribution in [0.15, 0.2) is 18.2 Å². The minimum Gasteiger partial charge on any atom is -0.449 e. The first-order chi connectivity index (χ1) is 9.04. The fourth-order valence-electron chi connectivity index (χ4n) is 2.49. The van der Waals surface area contributed by atoms with Gasteiger partial charge < -0.3 is 10.5 Å². The standard InChI is InChI=1S/C15H22N2O2/c1-10(2)13-6-4-5-11(3)14(13)17-8-12(7-16)9-19-15(17)18/h4-6,10,12H,7-9,16H2,1-3H3. The van der Waals surface area contributed by atoms with E-state index in [2.05, 4.69) is 19.9 Å². The normalized spacial score (nSPS) is 19.7. The molecule has 1 atom stereocenters. The molecule has 1 amide bonds. The average Bonchev–Trinajstić information content (AvgIpc) is 2.39. The Bertz CT molecular complexity index is 471. The highest BCUT2D eigenvalue weighted by molar-refractivity contribution is 5.90. The van der Waals surface area contributed by atoms with E-state index >= 15 is 0 Å². The van der Waals surface area contributed by atoms with Crippen LogP contribution in [0.25, 0.3) is 0 Å². The van der Waals surface area contributed by atoms with Crippen molar-refractivity contribution in [1.29, 1.82) is 0 Å². The second-order valence-electron chi connectivity index (χ2n) is 5.46. The molecule has 19 heavy (non-hydrogen) atoms. The number of cyclic esters (lactones) is 1. The van der Waals surface area contributed by atoms with Crippen molar-refractivity contribution in [1.82, 2.24) is 0 Å². The summed E-state index contributed by atoms with van der Waals surface area (Å²) >= 11 is 0. The van der Waals surface area contributed by atoms with E-state index in [-0.39, 0.29) is 12.0 Å². The van der Waals surface area contributed by atoms with Crippen molar-refractivity contribution in [2.45, 2.75) is 26.7 Å². The number of anilines is 1. The maximum absolute atomic E-state index is 12.0. The van der Waals surface area contributed by atoms with Crippen LogP contribution in [0, 0.1) is 12.8 Å². The summed E-state index contributed by atoms with van der Waals surface area (Å²) in [6.45, 7) is 7.89. The predicted octanol–water partition coefficient (Wildman–Crippen LogP) is 2.65. The molecule has 0 radical (unpaired) electrons. The second kappa shape index (κ2) is 5.61. The third kappa shape index (κ3) is 2.73. The molecular weight excluding hydrogens is 240 g/mol. The number of hydrogen-bond acceptors (Lipinski definition) is 3. The van der Waals surface area contributed by atoms with E-state index in [1.807, 2.05) is 19.1 Å². The highest BCUT2D eigenvalue weighted by atomic mass is 16.6. The molecule has 0 aromatic heterocycles. The van der Waals surface area contributed by atoms with Gasteiger partial charge in [-0.15, -0.1) is 0 Å². The molecule has 1 heterocycles. The number of benzene rings is 1. The van der Waals surface area contributed by atoms with Crippen molar-refractivity contribution in [2.75, 3.05) is 24.6 Å². The van der Waals surface area contributed by atoms with Gasteiger partial charge in [0.05, 0.1) is 12.3 Å². The molecule has 0 aliphatic carbocycles. The second-order valence-corrected chi connectivity index (χ2v) is 5.46. The Morgan fingerprint density at radius 3 is 2.84 bits per heavy atom. The molecule has 2 N–H and O–H groups in total. The summed E-state index contributed by atoms with van der Waals surface area (Å²) in [4.78, 5) is 13.8. The van der Waals surface area contributed by atoms with Gasteiger partial charge in [0.15, 0.2) is 0 Å². The summed E-state index contributed by atoms with van der Waals surface area (Å²) < 4.78 is 5.25. The molecule has 1 aromatic carbocycles. The van der Waals surface area contributed by atoms with Crippen LogP contribution >= 0.6 is 0 Å². The Hall–Kier alpha value is -1.55. The monoisotopic (exact) mass is 262 g/mol. The van der Waals surface area contributed by atoms with E-state index < -0.39 is 0 Å². The number of para-hydroxylation sites is 1. The zero-order chi connectivity index (χ0) is 14.0. The van der Waals surface area contributed by atoms with Crippen LogP contribution in [0.2, 0.25) is 0 Å². The molecule has 1 aromatic rings. The molecule has 0 saturated carbocycles. The molecule has 4 heteroatoms. The first kappa shape index (κ1) is 13.9. The lowest BCUT2D eigenvalue weighted by atomic mass is 9.96. The molecule has 1 fully saturated rings. The Morgan fingerprint density at radius 1 is 1.47 bits per heavy atom. The minimum atomic E-state index is -0.263. The van der Waals surface area contributed by atoms with Gasteiger partial charge in [0, 0.05) is 19.0 Å². The maximum Gasteiger partial charge on any atom is 0.414 e. The number of aryl methyl sites for hydroxylation is 1. The summed E-state index contributed by atoms with van der Waals surface area (Å²) in [5, 5.41) is 0. The van der Waals surface area contributed by atoms with Gasteiger partial charge in [0.25, 0.3) is 0 Å². The third-order valence-electron chi connectivity index (χ3n) is 3.60. The number of carbonyl (C=O) groups excluding carboxylic acids is 1. The van der Waals surface area contributed by atoms with Gasteiger partial charge in [-0.2, -0.15) is 0 Å². The number of rotatable bonds is 3. The number of ether oxygens (including phenoxy) is 1. The van der Waals surface area contributed by atoms with Gasteiger partial charge >= 0.3 is 6.09 Å². The predicted molar refractivity (Wildman–Crippen MR) is 76.5 cm³/mol. The lowest BCUT2D eigenvalue weighted by Gasteiger charge is -2.34. The van der Waals surface area contributed by atoms with Gasteiger partial charge in [0.1, 0.15) is 0 Å². The van der Waals surface area contributed by atoms with Crippen LogP contribution in [-0.2, 0) is 4.74 Å². The van der Waals surface area contributed by atoms with Crippen LogP contribution in [0.5, 0.6) is 0 Å². The Morgan fingerprint density at radius 2 is 2.21 bits per heavy atom. The minimum absolute atomic E-state index is 0.206. The van der Waals surface area contributed by atoms with Crippen LogP contribution in [0.4, 0.5) is 10.5 Å². The SMILES string of the molecule is Cc1cccc(C(C)C)c1N1CC(CN)COC1=O. The van der Waals surface area contributed by atoms with E-state index in [0.717, 1.165) is 11.3 Å². The van der Waals surface area contributed by atoms with Crippen molar-refractivity contribution in [2.24, 2.45) is 11.7 Å². The molecule has 1 aliphatic heterocycles. The molecule has 104 valence electrons. The molecule has 1 unspecified atom stereocenters. The van der Waals surface area contributed by atoms with E-state index in [4.69, 9.17) is 10.5 Å². The van der Waals surface area contributed by atoms with Crippen molar-refractivity contribution in [3.63, 3.8) is 0 Å². The summed E-state index contributed by atoms with van der Waals surface area (Å²) in [5.41, 5.74) is 8.97. The number of hydrogen-bond donors (Lipinski definition) is 1. The molecule has 0 bridgehead atoms. The molecule has 1 aliphatic rings. The van der Waals surface area contributed by atoms with Gasteiger partial charge in [-0.1, -0.05) is 32.0 Å². The third-order valence-corrected chi connectivity index (χ3v) is 3.60. The van der Waals surface area contributed by atoms with Crippen molar-refractivity contribution < 1.29 is 9.53 Å². The molecular formula is C15H22N2O2. The van der Waals surface area contributed by atoms with Gasteiger partial charge in [-0.3, -0.25) is 4.90 Å². The van der Waals surface area contributed by atoms with E-state index in [1.54, 1.807) is 4.90 Å². The Kier molecular flexibility index (Phi) is 4.10. The largest absolute Gasteiger partial charge is 0.449 e. The maximum atomic E-state index is 12.0. The first-order valence-electron chi connectivity index (χ1n) is 6.78. The summed E-state index contributed by atoms with van der Waals surface area (Å²) in [6.07, 6.45) is -0.263. The van der Waals surface area contributed by atoms with Gasteiger partial charge in [0.2, 0.25) is 0 Å². The fourth-order valence-corrected chi connectivity index (χ4v) is 2.49. The van der Waals surface area contributed by atoms with Crippen LogP contribution in [0.3, 0.4) is 0 Å². The number of nitrogens with two attached hydrogens (primary N) is 1. The number of nitrogens with zero attached hydrogens (tertiary/aromatic N) is 1. The van der Waals surface area contributed by atoms with Crippen LogP contribution in [0.1, 0.15) is 30.9 Å². The van der Waals surface area contributed by atoms with Gasteiger partial charge in [-0.05, 0) is 24.0 Å². The Balaban J connectivity index is 2.41. The van der Waals surface area contributed by atoms with Crippen LogP contribution in [-0.4, -0.2) is 25.8 Å². The quantitative estimate of drug-likeness (QED) is 0.911. The lowest BCUT2D eigenvalue weighted by molar-refractivity contribution is 0.117. The Labute approximate surface area is 114 Å². The number of carbonyl (C=O) groups is 1.